The molecule has 0 aromatic heterocycles. The lowest BCUT2D eigenvalue weighted by atomic mass is 10.1. The molecule has 0 aliphatic carbocycles. The fraction of sp³-hybridized carbons (Fsp3) is 0.118. The van der Waals surface area contributed by atoms with Crippen LogP contribution in [-0.4, -0.2) is 5.97 Å². The van der Waals surface area contributed by atoms with Crippen molar-refractivity contribution < 1.29 is 9.53 Å². The summed E-state index contributed by atoms with van der Waals surface area (Å²) < 4.78 is 5.32. The number of ether oxygens (including phenoxy) is 1. The fourth-order valence-electron chi connectivity index (χ4n) is 1.72. The topological polar surface area (TPSA) is 26.3 Å². The summed E-state index contributed by atoms with van der Waals surface area (Å²) in [6, 6.07) is 17.2. The molecule has 2 aromatic carbocycles. The van der Waals surface area contributed by atoms with Gasteiger partial charge in [-0.25, -0.2) is 4.79 Å². The summed E-state index contributed by atoms with van der Waals surface area (Å²) in [5, 5.41) is 0. The molecule has 0 aliphatic rings. The number of hydrogen-bond acceptors (Lipinski definition) is 2. The average Bonchev–Trinajstić information content (AvgIpc) is 2.40. The van der Waals surface area contributed by atoms with Crippen molar-refractivity contribution in [3.05, 3.63) is 71.3 Å². The SMILES string of the molecule is CC(=Cc1ccccc1)C(=O)Oc1cccc(C)c1. The van der Waals surface area contributed by atoms with E-state index in [1.807, 2.05) is 61.5 Å². The van der Waals surface area contributed by atoms with Gasteiger partial charge in [0, 0.05) is 5.57 Å². The largest absolute Gasteiger partial charge is 0.423 e. The van der Waals surface area contributed by atoms with Gasteiger partial charge in [0.25, 0.3) is 0 Å². The normalized spacial score (nSPS) is 11.2. The lowest BCUT2D eigenvalue weighted by Gasteiger charge is -2.05. The molecule has 0 atom stereocenters. The third kappa shape index (κ3) is 3.81. The van der Waals surface area contributed by atoms with E-state index in [-0.39, 0.29) is 5.97 Å². The predicted octanol–water partition coefficient (Wildman–Crippen LogP) is 4.00. The first-order valence-corrected chi connectivity index (χ1v) is 6.17. The molecule has 2 heteroatoms. The molecular formula is C17H16O2. The van der Waals surface area contributed by atoms with Crippen LogP contribution in [0.25, 0.3) is 6.08 Å². The van der Waals surface area contributed by atoms with Crippen LogP contribution in [0.5, 0.6) is 5.75 Å². The molecule has 0 unspecified atom stereocenters. The average molecular weight is 252 g/mol. The van der Waals surface area contributed by atoms with E-state index in [1.54, 1.807) is 13.0 Å². The summed E-state index contributed by atoms with van der Waals surface area (Å²) in [5.74, 6) is 0.250. The molecule has 0 bridgehead atoms. The standard InChI is InChI=1S/C17H16O2/c1-13-7-6-10-16(11-13)19-17(18)14(2)12-15-8-4-3-5-9-15/h3-12H,1-2H3. The highest BCUT2D eigenvalue weighted by Crippen LogP contribution is 2.15. The Kier molecular flexibility index (Phi) is 4.14. The highest BCUT2D eigenvalue weighted by atomic mass is 16.5. The Morgan fingerprint density at radius 3 is 2.47 bits per heavy atom. The smallest absolute Gasteiger partial charge is 0.339 e. The van der Waals surface area contributed by atoms with E-state index >= 15 is 0 Å². The van der Waals surface area contributed by atoms with Gasteiger partial charge in [0.05, 0.1) is 0 Å². The summed E-state index contributed by atoms with van der Waals surface area (Å²) in [4.78, 5) is 11.9. The van der Waals surface area contributed by atoms with Crippen LogP contribution < -0.4 is 4.74 Å². The van der Waals surface area contributed by atoms with Crippen LogP contribution in [0.1, 0.15) is 18.1 Å². The second kappa shape index (κ2) is 6.01. The second-order valence-electron chi connectivity index (χ2n) is 4.44. The van der Waals surface area contributed by atoms with Crippen molar-refractivity contribution in [3.8, 4) is 5.75 Å². The number of esters is 1. The van der Waals surface area contributed by atoms with Gasteiger partial charge in [-0.05, 0) is 43.2 Å². The Hall–Kier alpha value is -2.35. The first kappa shape index (κ1) is 13.1. The Labute approximate surface area is 113 Å². The van der Waals surface area contributed by atoms with E-state index < -0.39 is 0 Å². The molecule has 2 nitrogen and oxygen atoms in total. The van der Waals surface area contributed by atoms with Crippen LogP contribution >= 0.6 is 0 Å². The molecule has 0 saturated heterocycles. The van der Waals surface area contributed by atoms with Crippen molar-refractivity contribution in [3.63, 3.8) is 0 Å². The number of hydrogen-bond donors (Lipinski definition) is 0. The highest BCUT2D eigenvalue weighted by molar-refractivity contribution is 5.94. The van der Waals surface area contributed by atoms with Gasteiger partial charge in [-0.1, -0.05) is 42.5 Å². The quantitative estimate of drug-likeness (QED) is 0.469. The number of rotatable bonds is 3. The van der Waals surface area contributed by atoms with Gasteiger partial charge >= 0.3 is 5.97 Å². The van der Waals surface area contributed by atoms with E-state index in [1.165, 1.54) is 0 Å². The van der Waals surface area contributed by atoms with Crippen LogP contribution in [-0.2, 0) is 4.79 Å². The summed E-state index contributed by atoms with van der Waals surface area (Å²) in [7, 11) is 0. The highest BCUT2D eigenvalue weighted by Gasteiger charge is 2.07. The van der Waals surface area contributed by atoms with E-state index in [4.69, 9.17) is 4.74 Å². The van der Waals surface area contributed by atoms with Gasteiger partial charge < -0.3 is 4.74 Å². The maximum Gasteiger partial charge on any atom is 0.339 e. The van der Waals surface area contributed by atoms with Crippen molar-refractivity contribution in [2.45, 2.75) is 13.8 Å². The van der Waals surface area contributed by atoms with Crippen molar-refractivity contribution in [1.29, 1.82) is 0 Å². The minimum atomic E-state index is -0.325. The molecule has 96 valence electrons. The minimum absolute atomic E-state index is 0.325. The molecule has 2 rings (SSSR count). The zero-order valence-corrected chi connectivity index (χ0v) is 11.1. The van der Waals surface area contributed by atoms with Gasteiger partial charge in [-0.2, -0.15) is 0 Å². The van der Waals surface area contributed by atoms with Gasteiger partial charge in [0.1, 0.15) is 5.75 Å². The molecule has 0 fully saturated rings. The van der Waals surface area contributed by atoms with Crippen molar-refractivity contribution in [2.24, 2.45) is 0 Å². The Balaban J connectivity index is 2.10. The molecule has 0 spiro atoms. The van der Waals surface area contributed by atoms with E-state index in [0.717, 1.165) is 11.1 Å². The maximum absolute atomic E-state index is 11.9. The Morgan fingerprint density at radius 2 is 1.79 bits per heavy atom. The van der Waals surface area contributed by atoms with E-state index in [2.05, 4.69) is 0 Å². The zero-order valence-electron chi connectivity index (χ0n) is 11.1. The molecule has 0 N–H and O–H groups in total. The van der Waals surface area contributed by atoms with Gasteiger partial charge in [0.15, 0.2) is 0 Å². The van der Waals surface area contributed by atoms with Crippen LogP contribution in [0.3, 0.4) is 0 Å². The molecule has 0 saturated carbocycles. The number of benzene rings is 2. The van der Waals surface area contributed by atoms with Crippen LogP contribution in [0.15, 0.2) is 60.2 Å². The summed E-state index contributed by atoms with van der Waals surface area (Å²) in [5.41, 5.74) is 2.63. The van der Waals surface area contributed by atoms with Crippen LogP contribution in [0, 0.1) is 6.92 Å². The monoisotopic (exact) mass is 252 g/mol. The maximum atomic E-state index is 11.9. The molecule has 0 aliphatic heterocycles. The number of carbonyl (C=O) groups excluding carboxylic acids is 1. The van der Waals surface area contributed by atoms with Gasteiger partial charge in [-0.3, -0.25) is 0 Å². The Morgan fingerprint density at radius 1 is 1.05 bits per heavy atom. The van der Waals surface area contributed by atoms with E-state index in [0.29, 0.717) is 11.3 Å². The Bertz CT molecular complexity index is 598. The second-order valence-corrected chi connectivity index (χ2v) is 4.44. The molecule has 19 heavy (non-hydrogen) atoms. The number of carbonyl (C=O) groups is 1. The molecule has 0 heterocycles. The first-order chi connectivity index (χ1) is 9.15. The summed E-state index contributed by atoms with van der Waals surface area (Å²) in [6.07, 6.45) is 1.82. The molecular weight excluding hydrogens is 236 g/mol. The van der Waals surface area contributed by atoms with Crippen molar-refractivity contribution >= 4 is 12.0 Å². The third-order valence-corrected chi connectivity index (χ3v) is 2.70. The fourth-order valence-corrected chi connectivity index (χ4v) is 1.72. The minimum Gasteiger partial charge on any atom is -0.423 e. The summed E-state index contributed by atoms with van der Waals surface area (Å²) in [6.45, 7) is 3.72. The first-order valence-electron chi connectivity index (χ1n) is 6.17. The lowest BCUT2D eigenvalue weighted by molar-refractivity contribution is -0.130. The molecule has 2 aromatic rings. The molecule has 0 amide bonds. The van der Waals surface area contributed by atoms with Gasteiger partial charge in [-0.15, -0.1) is 0 Å². The lowest BCUT2D eigenvalue weighted by Crippen LogP contribution is -2.09. The zero-order chi connectivity index (χ0) is 13.7. The number of aryl methyl sites for hydroxylation is 1. The summed E-state index contributed by atoms with van der Waals surface area (Å²) >= 11 is 0. The van der Waals surface area contributed by atoms with Gasteiger partial charge in [0.2, 0.25) is 0 Å². The van der Waals surface area contributed by atoms with Crippen LogP contribution in [0.4, 0.5) is 0 Å². The van der Waals surface area contributed by atoms with Crippen LogP contribution in [0.2, 0.25) is 0 Å². The van der Waals surface area contributed by atoms with Crippen molar-refractivity contribution in [2.75, 3.05) is 0 Å². The predicted molar refractivity (Wildman–Crippen MR) is 76.9 cm³/mol. The van der Waals surface area contributed by atoms with E-state index in [9.17, 15) is 4.79 Å². The van der Waals surface area contributed by atoms with Crippen molar-refractivity contribution in [1.82, 2.24) is 0 Å². The third-order valence-electron chi connectivity index (χ3n) is 2.70. The molecule has 0 radical (unpaired) electrons.